The molecule has 0 saturated carbocycles. The minimum absolute atomic E-state index is 0.256. The summed E-state index contributed by atoms with van der Waals surface area (Å²) in [5.74, 6) is -0.228. The third kappa shape index (κ3) is 2.19. The Bertz CT molecular complexity index is 764. The number of esters is 1. The Balaban J connectivity index is 2.02. The third-order valence-corrected chi connectivity index (χ3v) is 2.96. The van der Waals surface area contributed by atoms with Crippen molar-refractivity contribution in [3.8, 4) is 5.75 Å². The van der Waals surface area contributed by atoms with Crippen LogP contribution in [0, 0.1) is 5.21 Å². The number of aromatic nitrogens is 1. The Hall–Kier alpha value is -2.88. The normalized spacial score (nSPS) is 10.4. The molecule has 0 aliphatic carbocycles. The molecule has 0 bridgehead atoms. The molecule has 4 heteroatoms. The zero-order valence-corrected chi connectivity index (χ0v) is 10.5. The van der Waals surface area contributed by atoms with Crippen LogP contribution in [0.5, 0.6) is 5.75 Å². The molecule has 1 aromatic heterocycles. The second-order valence-electron chi connectivity index (χ2n) is 4.28. The van der Waals surface area contributed by atoms with E-state index in [0.717, 1.165) is 5.39 Å². The van der Waals surface area contributed by atoms with Gasteiger partial charge in [-0.3, -0.25) is 0 Å². The Kier molecular flexibility index (Phi) is 3.05. The number of carbonyl (C=O) groups excluding carboxylic acids is 1. The van der Waals surface area contributed by atoms with Crippen molar-refractivity contribution in [2.45, 2.75) is 0 Å². The quantitative estimate of drug-likeness (QED) is 0.310. The number of rotatable bonds is 2. The number of benzene rings is 2. The highest BCUT2D eigenvalue weighted by Gasteiger charge is 2.15. The second-order valence-corrected chi connectivity index (χ2v) is 4.28. The monoisotopic (exact) mass is 265 g/mol. The maximum Gasteiger partial charge on any atom is 0.343 e. The molecule has 98 valence electrons. The van der Waals surface area contributed by atoms with Gasteiger partial charge in [-0.15, -0.1) is 0 Å². The van der Waals surface area contributed by atoms with Gasteiger partial charge in [-0.25, -0.2) is 4.79 Å². The summed E-state index contributed by atoms with van der Waals surface area (Å²) in [5, 5.41) is 12.6. The number of ether oxygens (including phenoxy) is 1. The highest BCUT2D eigenvalue weighted by molar-refractivity contribution is 5.93. The molecule has 0 atom stereocenters. The third-order valence-electron chi connectivity index (χ3n) is 2.96. The van der Waals surface area contributed by atoms with E-state index in [4.69, 9.17) is 4.74 Å². The number of pyridine rings is 1. The van der Waals surface area contributed by atoms with E-state index in [9.17, 15) is 10.0 Å². The van der Waals surface area contributed by atoms with Crippen LogP contribution in [0.25, 0.3) is 10.9 Å². The molecule has 1 heterocycles. The molecular formula is C16H11NO3. The van der Waals surface area contributed by atoms with Crippen molar-refractivity contribution in [3.05, 3.63) is 77.6 Å². The highest BCUT2D eigenvalue weighted by atomic mass is 16.5. The molecule has 0 amide bonds. The maximum absolute atomic E-state index is 12.0. The first-order valence-corrected chi connectivity index (χ1v) is 6.14. The largest absolute Gasteiger partial charge is 0.618 e. The van der Waals surface area contributed by atoms with Crippen molar-refractivity contribution in [2.75, 3.05) is 0 Å². The van der Waals surface area contributed by atoms with Crippen molar-refractivity contribution in [1.29, 1.82) is 0 Å². The molecule has 2 aromatic carbocycles. The van der Waals surface area contributed by atoms with Crippen LogP contribution in [-0.4, -0.2) is 5.97 Å². The predicted molar refractivity (Wildman–Crippen MR) is 74.3 cm³/mol. The topological polar surface area (TPSA) is 53.2 Å². The summed E-state index contributed by atoms with van der Waals surface area (Å²) in [4.78, 5) is 12.0. The lowest BCUT2D eigenvalue weighted by Crippen LogP contribution is -2.27. The Morgan fingerprint density at radius 1 is 0.950 bits per heavy atom. The number of fused-ring (bicyclic) bond motifs is 1. The van der Waals surface area contributed by atoms with E-state index < -0.39 is 5.97 Å². The van der Waals surface area contributed by atoms with Gasteiger partial charge in [-0.2, -0.15) is 4.73 Å². The van der Waals surface area contributed by atoms with Crippen LogP contribution >= 0.6 is 0 Å². The number of nitrogens with zero attached hydrogens (tertiary/aromatic N) is 1. The van der Waals surface area contributed by atoms with E-state index in [-0.39, 0.29) is 5.75 Å². The molecule has 3 aromatic rings. The van der Waals surface area contributed by atoms with Crippen LogP contribution < -0.4 is 9.47 Å². The lowest BCUT2D eigenvalue weighted by molar-refractivity contribution is -0.577. The average Bonchev–Trinajstić information content (AvgIpc) is 2.48. The summed E-state index contributed by atoms with van der Waals surface area (Å²) < 4.78 is 6.03. The first-order valence-electron chi connectivity index (χ1n) is 6.14. The minimum atomic E-state index is -0.484. The molecule has 20 heavy (non-hydrogen) atoms. The van der Waals surface area contributed by atoms with E-state index in [1.807, 2.05) is 6.07 Å². The number of hydrogen-bond acceptors (Lipinski definition) is 3. The number of para-hydroxylation sites is 1. The Labute approximate surface area is 115 Å². The summed E-state index contributed by atoms with van der Waals surface area (Å²) in [5.41, 5.74) is 0.789. The lowest BCUT2D eigenvalue weighted by atomic mass is 10.2. The van der Waals surface area contributed by atoms with Gasteiger partial charge in [0, 0.05) is 6.07 Å². The summed E-state index contributed by atoms with van der Waals surface area (Å²) in [6.45, 7) is 0. The van der Waals surface area contributed by atoms with Gasteiger partial charge in [0.15, 0.2) is 6.20 Å². The van der Waals surface area contributed by atoms with Gasteiger partial charge in [0.2, 0.25) is 5.75 Å². The smallest absolute Gasteiger partial charge is 0.343 e. The van der Waals surface area contributed by atoms with Crippen molar-refractivity contribution < 1.29 is 14.3 Å². The molecule has 3 rings (SSSR count). The molecule has 0 spiro atoms. The molecule has 0 saturated heterocycles. The summed E-state index contributed by atoms with van der Waals surface area (Å²) in [6.07, 6.45) is 1.38. The van der Waals surface area contributed by atoms with E-state index in [0.29, 0.717) is 15.8 Å². The summed E-state index contributed by atoms with van der Waals surface area (Å²) in [7, 11) is 0. The zero-order valence-electron chi connectivity index (χ0n) is 10.5. The fraction of sp³-hybridized carbons (Fsp3) is 0. The van der Waals surface area contributed by atoms with Gasteiger partial charge < -0.3 is 9.94 Å². The first kappa shape index (κ1) is 12.2. The molecule has 0 radical (unpaired) electrons. The average molecular weight is 265 g/mol. The van der Waals surface area contributed by atoms with Gasteiger partial charge in [-0.1, -0.05) is 24.3 Å². The van der Waals surface area contributed by atoms with Crippen molar-refractivity contribution in [1.82, 2.24) is 0 Å². The van der Waals surface area contributed by atoms with Crippen LogP contribution in [0.1, 0.15) is 10.4 Å². The Morgan fingerprint density at radius 2 is 1.70 bits per heavy atom. The van der Waals surface area contributed by atoms with Crippen molar-refractivity contribution in [2.24, 2.45) is 0 Å². The predicted octanol–water partition coefficient (Wildman–Crippen LogP) is 2.69. The molecule has 0 aliphatic rings. The van der Waals surface area contributed by atoms with E-state index in [1.165, 1.54) is 6.20 Å². The van der Waals surface area contributed by atoms with Gasteiger partial charge in [0.25, 0.3) is 5.52 Å². The van der Waals surface area contributed by atoms with Gasteiger partial charge in [0.05, 0.1) is 10.9 Å². The number of carbonyl (C=O) groups is 1. The minimum Gasteiger partial charge on any atom is -0.618 e. The summed E-state index contributed by atoms with van der Waals surface area (Å²) in [6, 6.07) is 17.3. The van der Waals surface area contributed by atoms with Crippen LogP contribution in [0.3, 0.4) is 0 Å². The SMILES string of the molecule is O=C(Oc1cccc2ccc[n+]([O-])c12)c1ccccc1. The second kappa shape index (κ2) is 5.01. The standard InChI is InChI=1S/C16H11NO3/c18-16(13-6-2-1-3-7-13)20-14-10-4-8-12-9-5-11-17(19)15(12)14/h1-11H. The fourth-order valence-corrected chi connectivity index (χ4v) is 2.02. The van der Waals surface area contributed by atoms with E-state index in [1.54, 1.807) is 54.6 Å². The van der Waals surface area contributed by atoms with E-state index >= 15 is 0 Å². The van der Waals surface area contributed by atoms with Crippen molar-refractivity contribution in [3.63, 3.8) is 0 Å². The zero-order chi connectivity index (χ0) is 13.9. The highest BCUT2D eigenvalue weighted by Crippen LogP contribution is 2.22. The van der Waals surface area contributed by atoms with Gasteiger partial charge in [-0.05, 0) is 30.3 Å². The molecule has 4 nitrogen and oxygen atoms in total. The van der Waals surface area contributed by atoms with Gasteiger partial charge in [0.1, 0.15) is 0 Å². The molecular weight excluding hydrogens is 254 g/mol. The molecule has 0 fully saturated rings. The lowest BCUT2D eigenvalue weighted by Gasteiger charge is -2.07. The van der Waals surface area contributed by atoms with Crippen LogP contribution in [0.15, 0.2) is 66.9 Å². The van der Waals surface area contributed by atoms with Gasteiger partial charge >= 0.3 is 5.97 Å². The maximum atomic E-state index is 12.0. The molecule has 0 N–H and O–H groups in total. The van der Waals surface area contributed by atoms with Crippen LogP contribution in [0.4, 0.5) is 0 Å². The first-order chi connectivity index (χ1) is 9.75. The fourth-order valence-electron chi connectivity index (χ4n) is 2.02. The summed E-state index contributed by atoms with van der Waals surface area (Å²) >= 11 is 0. The Morgan fingerprint density at radius 3 is 2.50 bits per heavy atom. The number of hydrogen-bond donors (Lipinski definition) is 0. The molecule has 0 unspecified atom stereocenters. The molecule has 0 aliphatic heterocycles. The van der Waals surface area contributed by atoms with Crippen LogP contribution in [-0.2, 0) is 0 Å². The van der Waals surface area contributed by atoms with Crippen molar-refractivity contribution >= 4 is 16.9 Å². The van der Waals surface area contributed by atoms with E-state index in [2.05, 4.69) is 0 Å². The van der Waals surface area contributed by atoms with Crippen LogP contribution in [0.2, 0.25) is 0 Å².